The highest BCUT2D eigenvalue weighted by Gasteiger charge is 2.15. The van der Waals surface area contributed by atoms with Crippen LogP contribution in [0.25, 0.3) is 11.0 Å². The molecule has 1 aromatic carbocycles. The van der Waals surface area contributed by atoms with E-state index in [1.165, 1.54) is 16.1 Å². The lowest BCUT2D eigenvalue weighted by atomic mass is 10.3. The van der Waals surface area contributed by atoms with Gasteiger partial charge in [0.2, 0.25) is 5.91 Å². The number of hydrogen-bond donors (Lipinski definition) is 2. The number of para-hydroxylation sites is 2. The number of amides is 1. The number of benzene rings is 1. The molecule has 112 valence electrons. The SMILES string of the molecule is CC(NC(=O)CCn1c(=O)n(C)c2ccccc21)C(=O)O. The Morgan fingerprint density at radius 2 is 1.90 bits per heavy atom. The van der Waals surface area contributed by atoms with Crippen molar-refractivity contribution in [2.75, 3.05) is 0 Å². The van der Waals surface area contributed by atoms with Crippen molar-refractivity contribution in [3.8, 4) is 0 Å². The van der Waals surface area contributed by atoms with E-state index in [1.807, 2.05) is 24.3 Å². The Morgan fingerprint density at radius 3 is 2.52 bits per heavy atom. The first-order valence-corrected chi connectivity index (χ1v) is 6.58. The Bertz CT molecular complexity index is 744. The lowest BCUT2D eigenvalue weighted by Crippen LogP contribution is -2.39. The van der Waals surface area contributed by atoms with E-state index in [9.17, 15) is 14.4 Å². The predicted molar refractivity (Wildman–Crippen MR) is 77.0 cm³/mol. The maximum absolute atomic E-state index is 12.1. The molecule has 0 aliphatic rings. The number of carboxylic acid groups (broad SMARTS) is 1. The molecule has 2 rings (SSSR count). The van der Waals surface area contributed by atoms with Gasteiger partial charge in [0, 0.05) is 20.0 Å². The normalized spacial score (nSPS) is 12.3. The summed E-state index contributed by atoms with van der Waals surface area (Å²) in [6.07, 6.45) is 0.0472. The van der Waals surface area contributed by atoms with Crippen molar-refractivity contribution in [3.05, 3.63) is 34.7 Å². The fourth-order valence-electron chi connectivity index (χ4n) is 2.17. The van der Waals surface area contributed by atoms with E-state index in [1.54, 1.807) is 7.05 Å². The first-order chi connectivity index (χ1) is 9.91. The zero-order valence-corrected chi connectivity index (χ0v) is 11.9. The highest BCUT2D eigenvalue weighted by Crippen LogP contribution is 2.11. The Balaban J connectivity index is 2.14. The molecule has 7 nitrogen and oxygen atoms in total. The number of hydrogen-bond acceptors (Lipinski definition) is 3. The van der Waals surface area contributed by atoms with Crippen molar-refractivity contribution < 1.29 is 14.7 Å². The standard InChI is InChI=1S/C14H17N3O4/c1-9(13(19)20)15-12(18)7-8-17-11-6-4-3-5-10(11)16(2)14(17)21/h3-6,9H,7-8H2,1-2H3,(H,15,18)(H,19,20). The van der Waals surface area contributed by atoms with E-state index in [2.05, 4.69) is 5.32 Å². The lowest BCUT2D eigenvalue weighted by Gasteiger charge is -2.09. The quantitative estimate of drug-likeness (QED) is 0.829. The second-order valence-corrected chi connectivity index (χ2v) is 4.86. The minimum Gasteiger partial charge on any atom is -0.480 e. The Kier molecular flexibility index (Phi) is 4.11. The molecule has 1 atom stereocenters. The van der Waals surface area contributed by atoms with Crippen molar-refractivity contribution in [1.82, 2.24) is 14.5 Å². The first-order valence-electron chi connectivity index (χ1n) is 6.58. The van der Waals surface area contributed by atoms with E-state index >= 15 is 0 Å². The molecule has 1 unspecified atom stereocenters. The number of aromatic nitrogens is 2. The third kappa shape index (κ3) is 2.96. The molecule has 0 spiro atoms. The van der Waals surface area contributed by atoms with E-state index in [0.717, 1.165) is 11.0 Å². The van der Waals surface area contributed by atoms with Gasteiger partial charge in [-0.2, -0.15) is 0 Å². The van der Waals surface area contributed by atoms with Crippen LogP contribution in [-0.4, -0.2) is 32.2 Å². The average Bonchev–Trinajstić information content (AvgIpc) is 2.69. The topological polar surface area (TPSA) is 93.3 Å². The molecule has 1 heterocycles. The highest BCUT2D eigenvalue weighted by molar-refractivity contribution is 5.83. The molecule has 0 saturated heterocycles. The summed E-state index contributed by atoms with van der Waals surface area (Å²) in [7, 11) is 1.67. The second kappa shape index (κ2) is 5.82. The van der Waals surface area contributed by atoms with Crippen LogP contribution >= 0.6 is 0 Å². The summed E-state index contributed by atoms with van der Waals surface area (Å²) in [6, 6.07) is 6.37. The van der Waals surface area contributed by atoms with Crippen molar-refractivity contribution in [1.29, 1.82) is 0 Å². The molecule has 0 aliphatic heterocycles. The molecule has 0 radical (unpaired) electrons. The van der Waals surface area contributed by atoms with Crippen LogP contribution in [0.15, 0.2) is 29.1 Å². The molecule has 2 aromatic rings. The van der Waals surface area contributed by atoms with Gasteiger partial charge in [0.25, 0.3) is 0 Å². The largest absolute Gasteiger partial charge is 0.480 e. The number of carbonyl (C=O) groups excluding carboxylic acids is 1. The number of nitrogens with one attached hydrogen (secondary N) is 1. The van der Waals surface area contributed by atoms with Crippen LogP contribution in [-0.2, 0) is 23.2 Å². The third-order valence-electron chi connectivity index (χ3n) is 3.36. The van der Waals surface area contributed by atoms with Gasteiger partial charge in [-0.05, 0) is 19.1 Å². The zero-order chi connectivity index (χ0) is 15.6. The van der Waals surface area contributed by atoms with Gasteiger partial charge in [-0.3, -0.25) is 18.7 Å². The van der Waals surface area contributed by atoms with Gasteiger partial charge in [0.05, 0.1) is 11.0 Å². The summed E-state index contributed by atoms with van der Waals surface area (Å²) in [5.74, 6) is -1.49. The fourth-order valence-corrected chi connectivity index (χ4v) is 2.17. The third-order valence-corrected chi connectivity index (χ3v) is 3.36. The maximum atomic E-state index is 12.1. The van der Waals surface area contributed by atoms with Crippen molar-refractivity contribution >= 4 is 22.9 Å². The molecule has 7 heteroatoms. The van der Waals surface area contributed by atoms with Crippen LogP contribution in [0, 0.1) is 0 Å². The van der Waals surface area contributed by atoms with Crippen LogP contribution in [0.5, 0.6) is 0 Å². The summed E-state index contributed by atoms with van der Waals surface area (Å²) < 4.78 is 3.04. The number of rotatable bonds is 5. The molecule has 0 aliphatic carbocycles. The van der Waals surface area contributed by atoms with Gasteiger partial charge in [0.1, 0.15) is 6.04 Å². The van der Waals surface area contributed by atoms with Crippen LogP contribution in [0.4, 0.5) is 0 Å². The van der Waals surface area contributed by atoms with Gasteiger partial charge < -0.3 is 10.4 Å². The molecular weight excluding hydrogens is 274 g/mol. The Labute approximate surface area is 120 Å². The summed E-state index contributed by atoms with van der Waals surface area (Å²) in [5.41, 5.74) is 1.35. The van der Waals surface area contributed by atoms with Crippen LogP contribution < -0.4 is 11.0 Å². The van der Waals surface area contributed by atoms with Gasteiger partial charge in [-0.15, -0.1) is 0 Å². The number of nitrogens with zero attached hydrogens (tertiary/aromatic N) is 2. The monoisotopic (exact) mass is 291 g/mol. The number of fused-ring (bicyclic) bond motifs is 1. The molecule has 0 fully saturated rings. The molecule has 1 amide bonds. The van der Waals surface area contributed by atoms with Crippen molar-refractivity contribution in [2.24, 2.45) is 7.05 Å². The van der Waals surface area contributed by atoms with Crippen molar-refractivity contribution in [3.63, 3.8) is 0 Å². The van der Waals surface area contributed by atoms with Gasteiger partial charge in [0.15, 0.2) is 0 Å². The predicted octanol–water partition coefficient (Wildman–Crippen LogP) is 0.319. The summed E-state index contributed by atoms with van der Waals surface area (Å²) >= 11 is 0. The Hall–Kier alpha value is -2.57. The molecule has 1 aromatic heterocycles. The summed E-state index contributed by atoms with van der Waals surface area (Å²) in [4.78, 5) is 34.5. The summed E-state index contributed by atoms with van der Waals surface area (Å²) in [5, 5.41) is 11.1. The number of aryl methyl sites for hydroxylation is 2. The van der Waals surface area contributed by atoms with Crippen molar-refractivity contribution in [2.45, 2.75) is 25.9 Å². The molecular formula is C14H17N3O4. The smallest absolute Gasteiger partial charge is 0.328 e. The molecule has 21 heavy (non-hydrogen) atoms. The van der Waals surface area contributed by atoms with Gasteiger partial charge in [-0.25, -0.2) is 4.79 Å². The van der Waals surface area contributed by atoms with E-state index in [0.29, 0.717) is 0 Å². The molecule has 2 N–H and O–H groups in total. The Morgan fingerprint density at radius 1 is 1.29 bits per heavy atom. The number of aliphatic carboxylic acids is 1. The number of carboxylic acids is 1. The molecule has 0 bridgehead atoms. The fraction of sp³-hybridized carbons (Fsp3) is 0.357. The second-order valence-electron chi connectivity index (χ2n) is 4.86. The van der Waals surface area contributed by atoms with Crippen LogP contribution in [0.3, 0.4) is 0 Å². The van der Waals surface area contributed by atoms with Crippen LogP contribution in [0.1, 0.15) is 13.3 Å². The first kappa shape index (κ1) is 14.8. The lowest BCUT2D eigenvalue weighted by molar-refractivity contribution is -0.141. The minimum atomic E-state index is -1.09. The van der Waals surface area contributed by atoms with Gasteiger partial charge >= 0.3 is 11.7 Å². The zero-order valence-electron chi connectivity index (χ0n) is 11.9. The van der Waals surface area contributed by atoms with E-state index in [-0.39, 0.29) is 18.7 Å². The number of carbonyl (C=O) groups is 2. The minimum absolute atomic E-state index is 0.0472. The van der Waals surface area contributed by atoms with E-state index < -0.39 is 17.9 Å². The van der Waals surface area contributed by atoms with E-state index in [4.69, 9.17) is 5.11 Å². The maximum Gasteiger partial charge on any atom is 0.328 e. The average molecular weight is 291 g/mol. The van der Waals surface area contributed by atoms with Crippen LogP contribution in [0.2, 0.25) is 0 Å². The molecule has 0 saturated carbocycles. The summed E-state index contributed by atoms with van der Waals surface area (Å²) in [6.45, 7) is 1.60. The highest BCUT2D eigenvalue weighted by atomic mass is 16.4. The number of imidazole rings is 1. The van der Waals surface area contributed by atoms with Gasteiger partial charge in [-0.1, -0.05) is 12.1 Å².